The van der Waals surface area contributed by atoms with Crippen LogP contribution in [0.25, 0.3) is 22.2 Å². The molecule has 0 amide bonds. The molecule has 0 aliphatic heterocycles. The first-order valence-corrected chi connectivity index (χ1v) is 8.69. The van der Waals surface area contributed by atoms with E-state index in [1.54, 1.807) is 54.6 Å². The van der Waals surface area contributed by atoms with Crippen LogP contribution in [0.4, 0.5) is 0 Å². The fourth-order valence-electron chi connectivity index (χ4n) is 3.06. The van der Waals surface area contributed by atoms with Crippen molar-refractivity contribution in [2.75, 3.05) is 7.11 Å². The number of carboxylic acids is 1. The van der Waals surface area contributed by atoms with Crippen molar-refractivity contribution < 1.29 is 23.8 Å². The van der Waals surface area contributed by atoms with E-state index in [0.29, 0.717) is 33.0 Å². The van der Waals surface area contributed by atoms with Gasteiger partial charge in [-0.2, -0.15) is 0 Å². The van der Waals surface area contributed by atoms with Gasteiger partial charge in [-0.05, 0) is 36.4 Å². The molecular formula is C21H14ClNO5. The Kier molecular flexibility index (Phi) is 4.41. The first kappa shape index (κ1) is 17.9. The summed E-state index contributed by atoms with van der Waals surface area (Å²) in [7, 11) is 1.53. The molecule has 0 saturated heterocycles. The number of carbonyl (C=O) groups excluding carboxylic acids is 1. The van der Waals surface area contributed by atoms with Gasteiger partial charge in [0.05, 0.1) is 23.2 Å². The van der Waals surface area contributed by atoms with Gasteiger partial charge in [-0.15, -0.1) is 0 Å². The van der Waals surface area contributed by atoms with Crippen molar-refractivity contribution >= 4 is 34.4 Å². The number of ether oxygens (including phenoxy) is 1. The second kappa shape index (κ2) is 6.90. The molecule has 0 atom stereocenters. The zero-order valence-electron chi connectivity index (χ0n) is 14.7. The molecule has 28 heavy (non-hydrogen) atoms. The van der Waals surface area contributed by atoms with Crippen molar-refractivity contribution in [1.29, 1.82) is 0 Å². The lowest BCUT2D eigenvalue weighted by atomic mass is 10.2. The van der Waals surface area contributed by atoms with Gasteiger partial charge in [-0.3, -0.25) is 9.36 Å². The van der Waals surface area contributed by atoms with Crippen molar-refractivity contribution in [2.24, 2.45) is 0 Å². The van der Waals surface area contributed by atoms with Crippen molar-refractivity contribution in [1.82, 2.24) is 4.57 Å². The largest absolute Gasteiger partial charge is 0.495 e. The van der Waals surface area contributed by atoms with Crippen LogP contribution >= 0.6 is 11.6 Å². The van der Waals surface area contributed by atoms with E-state index in [4.69, 9.17) is 20.8 Å². The monoisotopic (exact) mass is 395 g/mol. The normalized spacial score (nSPS) is 10.9. The molecule has 2 heterocycles. The number of carboxylic acid groups (broad SMARTS) is 1. The lowest BCUT2D eigenvalue weighted by Crippen LogP contribution is -2.09. The minimum absolute atomic E-state index is 0.0534. The summed E-state index contributed by atoms with van der Waals surface area (Å²) in [6.07, 6.45) is 1.31. The smallest absolute Gasteiger partial charge is 0.337 e. The number of methoxy groups -OCH3 is 1. The molecule has 1 N–H and O–H groups in total. The number of furan rings is 1. The van der Waals surface area contributed by atoms with E-state index in [-0.39, 0.29) is 11.3 Å². The Morgan fingerprint density at radius 3 is 2.61 bits per heavy atom. The van der Waals surface area contributed by atoms with Crippen LogP contribution in [-0.2, 0) is 0 Å². The molecule has 4 rings (SSSR count). The fraction of sp³-hybridized carbons (Fsp3) is 0.0476. The Labute approximate surface area is 164 Å². The summed E-state index contributed by atoms with van der Waals surface area (Å²) in [5.41, 5.74) is 1.24. The molecule has 0 radical (unpaired) electrons. The standard InChI is InChI=1S/C21H14ClNO5/c1-27-18-7-6-12(10-15(18)22)17-8-9-19(28-17)20(24)23-11-14(21(25)26)13-4-2-3-5-16(13)23/h2-11H,1H3,(H,25,26). The summed E-state index contributed by atoms with van der Waals surface area (Å²) >= 11 is 6.15. The van der Waals surface area contributed by atoms with Crippen LogP contribution in [0.2, 0.25) is 5.02 Å². The molecule has 0 unspecified atom stereocenters. The Bertz CT molecular complexity index is 1220. The van der Waals surface area contributed by atoms with Crippen molar-refractivity contribution in [3.05, 3.63) is 77.1 Å². The van der Waals surface area contributed by atoms with Gasteiger partial charge in [0.1, 0.15) is 11.5 Å². The third-order valence-corrected chi connectivity index (χ3v) is 4.71. The van der Waals surface area contributed by atoms with E-state index in [9.17, 15) is 14.7 Å². The van der Waals surface area contributed by atoms with Crippen molar-refractivity contribution in [3.8, 4) is 17.1 Å². The number of fused-ring (bicyclic) bond motifs is 1. The number of benzene rings is 2. The van der Waals surface area contributed by atoms with Crippen LogP contribution in [0.1, 0.15) is 20.9 Å². The summed E-state index contributed by atoms with van der Waals surface area (Å²) in [6.45, 7) is 0. The molecule has 0 aliphatic carbocycles. The highest BCUT2D eigenvalue weighted by molar-refractivity contribution is 6.32. The lowest BCUT2D eigenvalue weighted by Gasteiger charge is -2.04. The molecule has 6 nitrogen and oxygen atoms in total. The third-order valence-electron chi connectivity index (χ3n) is 4.41. The molecule has 140 valence electrons. The molecule has 2 aromatic carbocycles. The highest BCUT2D eigenvalue weighted by Gasteiger charge is 2.21. The molecule has 0 fully saturated rings. The van der Waals surface area contributed by atoms with Gasteiger partial charge >= 0.3 is 5.97 Å². The number of hydrogen-bond acceptors (Lipinski definition) is 4. The molecule has 0 aliphatic rings. The summed E-state index contributed by atoms with van der Waals surface area (Å²) < 4.78 is 12.1. The highest BCUT2D eigenvalue weighted by atomic mass is 35.5. The van der Waals surface area contributed by atoms with Crippen LogP contribution < -0.4 is 4.74 Å². The van der Waals surface area contributed by atoms with Crippen LogP contribution in [0.5, 0.6) is 5.75 Å². The van der Waals surface area contributed by atoms with Crippen LogP contribution in [-0.4, -0.2) is 28.7 Å². The first-order valence-electron chi connectivity index (χ1n) is 8.31. The number of rotatable bonds is 4. The zero-order chi connectivity index (χ0) is 19.8. The fourth-order valence-corrected chi connectivity index (χ4v) is 3.32. The average Bonchev–Trinajstić information content (AvgIpc) is 3.33. The average molecular weight is 396 g/mol. The van der Waals surface area contributed by atoms with Gasteiger partial charge in [-0.25, -0.2) is 4.79 Å². The Morgan fingerprint density at radius 1 is 1.11 bits per heavy atom. The lowest BCUT2D eigenvalue weighted by molar-refractivity contribution is 0.0699. The second-order valence-corrected chi connectivity index (χ2v) is 6.46. The summed E-state index contributed by atoms with van der Waals surface area (Å²) in [6, 6.07) is 15.2. The number of halogens is 1. The topological polar surface area (TPSA) is 81.7 Å². The minimum atomic E-state index is -1.10. The highest BCUT2D eigenvalue weighted by Crippen LogP contribution is 2.31. The van der Waals surface area contributed by atoms with E-state index < -0.39 is 11.9 Å². The first-order chi connectivity index (χ1) is 13.5. The molecule has 0 saturated carbocycles. The Morgan fingerprint density at radius 2 is 1.89 bits per heavy atom. The number of aromatic nitrogens is 1. The SMILES string of the molecule is COc1ccc(-c2ccc(C(=O)n3cc(C(=O)O)c4ccccc43)o2)cc1Cl. The maximum Gasteiger partial charge on any atom is 0.337 e. The summed E-state index contributed by atoms with van der Waals surface area (Å²) in [5.74, 6) is -0.485. The van der Waals surface area contributed by atoms with Gasteiger partial charge in [0.15, 0.2) is 5.76 Å². The minimum Gasteiger partial charge on any atom is -0.495 e. The van der Waals surface area contributed by atoms with Gasteiger partial charge in [0.2, 0.25) is 0 Å². The van der Waals surface area contributed by atoms with E-state index in [1.807, 2.05) is 0 Å². The van der Waals surface area contributed by atoms with E-state index in [2.05, 4.69) is 0 Å². The summed E-state index contributed by atoms with van der Waals surface area (Å²) in [4.78, 5) is 24.4. The number of para-hydroxylation sites is 1. The molecule has 0 bridgehead atoms. The maximum absolute atomic E-state index is 12.9. The predicted octanol–water partition coefficient (Wildman–Crippen LogP) is 4.95. The molecule has 4 aromatic rings. The quantitative estimate of drug-likeness (QED) is 0.528. The van der Waals surface area contributed by atoms with Crippen LogP contribution in [0.15, 0.2) is 65.2 Å². The molecule has 0 spiro atoms. The van der Waals surface area contributed by atoms with Crippen molar-refractivity contribution in [2.45, 2.75) is 0 Å². The van der Waals surface area contributed by atoms with Crippen LogP contribution in [0, 0.1) is 0 Å². The zero-order valence-corrected chi connectivity index (χ0v) is 15.4. The van der Waals surface area contributed by atoms with Crippen LogP contribution in [0.3, 0.4) is 0 Å². The number of carbonyl (C=O) groups is 2. The predicted molar refractivity (Wildman–Crippen MR) is 104 cm³/mol. The van der Waals surface area contributed by atoms with E-state index in [0.717, 1.165) is 0 Å². The van der Waals surface area contributed by atoms with E-state index in [1.165, 1.54) is 17.9 Å². The van der Waals surface area contributed by atoms with Gasteiger partial charge < -0.3 is 14.3 Å². The number of nitrogens with zero attached hydrogens (tertiary/aromatic N) is 1. The maximum atomic E-state index is 12.9. The van der Waals surface area contributed by atoms with E-state index >= 15 is 0 Å². The number of hydrogen-bond donors (Lipinski definition) is 1. The second-order valence-electron chi connectivity index (χ2n) is 6.05. The number of aromatic carboxylic acids is 1. The molecular weight excluding hydrogens is 382 g/mol. The Balaban J connectivity index is 1.74. The third kappa shape index (κ3) is 2.93. The summed E-state index contributed by atoms with van der Waals surface area (Å²) in [5, 5.41) is 10.3. The molecule has 7 heteroatoms. The van der Waals surface area contributed by atoms with Gasteiger partial charge in [-0.1, -0.05) is 29.8 Å². The molecule has 2 aromatic heterocycles. The van der Waals surface area contributed by atoms with Gasteiger partial charge in [0, 0.05) is 17.1 Å². The van der Waals surface area contributed by atoms with Crippen molar-refractivity contribution in [3.63, 3.8) is 0 Å². The van der Waals surface area contributed by atoms with Gasteiger partial charge in [0.25, 0.3) is 5.91 Å². The Hall–Kier alpha value is -3.51.